The Morgan fingerprint density at radius 3 is 2.95 bits per heavy atom. The van der Waals surface area contributed by atoms with Crippen molar-refractivity contribution in [3.05, 3.63) is 35.1 Å². The van der Waals surface area contributed by atoms with E-state index in [1.54, 1.807) is 0 Å². The lowest BCUT2D eigenvalue weighted by Gasteiger charge is -2.31. The highest BCUT2D eigenvalue weighted by Crippen LogP contribution is 2.18. The number of carbonyl (C=O) groups excluding carboxylic acids is 1. The van der Waals surface area contributed by atoms with Crippen LogP contribution >= 0.6 is 11.8 Å². The molecule has 1 aliphatic rings. The normalized spacial score (nSPS) is 18.6. The standard InChI is InChI=1S/C14H16FNO4S/c1-21-8-10-6-9(2-3-11(10)15)13(17)16-4-5-20-12(7-16)14(18)19/h2-3,6,12H,4-5,7-8H2,1H3,(H,18,19)/t12-/m0/s1. The van der Waals surface area contributed by atoms with Crippen LogP contribution in [0.3, 0.4) is 0 Å². The van der Waals surface area contributed by atoms with Gasteiger partial charge in [0.15, 0.2) is 6.10 Å². The highest BCUT2D eigenvalue weighted by Gasteiger charge is 2.29. The van der Waals surface area contributed by atoms with Gasteiger partial charge in [-0.1, -0.05) is 0 Å². The number of carbonyl (C=O) groups is 2. The molecule has 7 heteroatoms. The maximum atomic E-state index is 13.6. The Labute approximate surface area is 126 Å². The third kappa shape index (κ3) is 3.74. The molecule has 0 radical (unpaired) electrons. The molecule has 0 saturated carbocycles. The molecule has 1 aromatic rings. The summed E-state index contributed by atoms with van der Waals surface area (Å²) >= 11 is 1.47. The molecule has 0 aromatic heterocycles. The molecule has 114 valence electrons. The van der Waals surface area contributed by atoms with Gasteiger partial charge >= 0.3 is 5.97 Å². The number of amides is 1. The summed E-state index contributed by atoms with van der Waals surface area (Å²) in [6, 6.07) is 4.22. The summed E-state index contributed by atoms with van der Waals surface area (Å²) in [6.07, 6.45) is 0.849. The van der Waals surface area contributed by atoms with Gasteiger partial charge in [-0.2, -0.15) is 11.8 Å². The van der Waals surface area contributed by atoms with Crippen molar-refractivity contribution in [3.63, 3.8) is 0 Å². The number of carboxylic acid groups (broad SMARTS) is 1. The second-order valence-electron chi connectivity index (χ2n) is 4.69. The molecule has 1 aromatic carbocycles. The zero-order valence-electron chi connectivity index (χ0n) is 11.5. The van der Waals surface area contributed by atoms with Crippen molar-refractivity contribution in [2.45, 2.75) is 11.9 Å². The molecule has 1 N–H and O–H groups in total. The van der Waals surface area contributed by atoms with Crippen LogP contribution in [-0.4, -0.2) is 53.9 Å². The Hall–Kier alpha value is -1.60. The number of morpholine rings is 1. The van der Waals surface area contributed by atoms with Crippen LogP contribution in [0.25, 0.3) is 0 Å². The third-order valence-electron chi connectivity index (χ3n) is 3.22. The summed E-state index contributed by atoms with van der Waals surface area (Å²) in [6.45, 7) is 0.517. The molecule has 1 fully saturated rings. The number of rotatable bonds is 4. The SMILES string of the molecule is CSCc1cc(C(=O)N2CCO[C@H](C(=O)O)C2)ccc1F. The number of ether oxygens (including phenoxy) is 1. The third-order valence-corrected chi connectivity index (χ3v) is 3.82. The Kier molecular flexibility index (Phi) is 5.19. The van der Waals surface area contributed by atoms with E-state index in [-0.39, 0.29) is 24.9 Å². The molecular weight excluding hydrogens is 297 g/mol. The second kappa shape index (κ2) is 6.91. The van der Waals surface area contributed by atoms with Crippen LogP contribution in [0, 0.1) is 5.82 Å². The number of hydrogen-bond donors (Lipinski definition) is 1. The molecule has 0 aliphatic carbocycles. The second-order valence-corrected chi connectivity index (χ2v) is 5.55. The van der Waals surface area contributed by atoms with Gasteiger partial charge in [-0.05, 0) is 30.0 Å². The van der Waals surface area contributed by atoms with Gasteiger partial charge in [-0.15, -0.1) is 0 Å². The first-order chi connectivity index (χ1) is 10.0. The number of halogens is 1. The molecule has 0 spiro atoms. The largest absolute Gasteiger partial charge is 0.479 e. The van der Waals surface area contributed by atoms with Crippen LogP contribution in [0.5, 0.6) is 0 Å². The Morgan fingerprint density at radius 1 is 1.52 bits per heavy atom. The first-order valence-electron chi connectivity index (χ1n) is 6.44. The molecular formula is C14H16FNO4S. The van der Waals surface area contributed by atoms with Crippen LogP contribution in [0.4, 0.5) is 4.39 Å². The van der Waals surface area contributed by atoms with Crippen LogP contribution in [0.2, 0.25) is 0 Å². The number of thioether (sulfide) groups is 1. The monoisotopic (exact) mass is 313 g/mol. The molecule has 21 heavy (non-hydrogen) atoms. The summed E-state index contributed by atoms with van der Waals surface area (Å²) in [5, 5.41) is 8.94. The van der Waals surface area contributed by atoms with Crippen molar-refractivity contribution in [1.82, 2.24) is 4.90 Å². The summed E-state index contributed by atoms with van der Waals surface area (Å²) in [7, 11) is 0. The van der Waals surface area contributed by atoms with Gasteiger partial charge in [0, 0.05) is 17.9 Å². The van der Waals surface area contributed by atoms with E-state index in [2.05, 4.69) is 0 Å². The van der Waals surface area contributed by atoms with Crippen molar-refractivity contribution in [2.75, 3.05) is 26.0 Å². The summed E-state index contributed by atoms with van der Waals surface area (Å²) < 4.78 is 18.7. The molecule has 1 atom stereocenters. The minimum atomic E-state index is -1.09. The summed E-state index contributed by atoms with van der Waals surface area (Å²) in [4.78, 5) is 24.7. The molecule has 0 unspecified atom stereocenters. The van der Waals surface area contributed by atoms with E-state index < -0.39 is 12.1 Å². The van der Waals surface area contributed by atoms with Crippen molar-refractivity contribution in [2.24, 2.45) is 0 Å². The Bertz CT molecular complexity index is 552. The Balaban J connectivity index is 2.15. The number of carboxylic acids is 1. The molecule has 0 bridgehead atoms. The molecule has 5 nitrogen and oxygen atoms in total. The number of hydrogen-bond acceptors (Lipinski definition) is 4. The molecule has 1 aliphatic heterocycles. The van der Waals surface area contributed by atoms with Crippen molar-refractivity contribution in [1.29, 1.82) is 0 Å². The lowest BCUT2D eigenvalue weighted by atomic mass is 10.1. The van der Waals surface area contributed by atoms with Crippen molar-refractivity contribution in [3.8, 4) is 0 Å². The van der Waals surface area contributed by atoms with E-state index in [9.17, 15) is 14.0 Å². The van der Waals surface area contributed by atoms with Gasteiger partial charge in [-0.3, -0.25) is 4.79 Å². The van der Waals surface area contributed by atoms with Gasteiger partial charge in [0.1, 0.15) is 5.82 Å². The highest BCUT2D eigenvalue weighted by molar-refractivity contribution is 7.97. The number of benzene rings is 1. The quantitative estimate of drug-likeness (QED) is 0.915. The van der Waals surface area contributed by atoms with Crippen molar-refractivity contribution >= 4 is 23.6 Å². The van der Waals surface area contributed by atoms with E-state index in [1.807, 2.05) is 6.26 Å². The predicted molar refractivity (Wildman–Crippen MR) is 76.9 cm³/mol. The van der Waals surface area contributed by atoms with Crippen LogP contribution in [-0.2, 0) is 15.3 Å². The molecule has 1 heterocycles. The average Bonchev–Trinajstić information content (AvgIpc) is 2.49. The minimum Gasteiger partial charge on any atom is -0.479 e. The maximum absolute atomic E-state index is 13.6. The van der Waals surface area contributed by atoms with Crippen molar-refractivity contribution < 1.29 is 23.8 Å². The zero-order chi connectivity index (χ0) is 15.4. The fourth-order valence-electron chi connectivity index (χ4n) is 2.14. The zero-order valence-corrected chi connectivity index (χ0v) is 12.4. The van der Waals surface area contributed by atoms with E-state index in [1.165, 1.54) is 34.9 Å². The molecule has 2 rings (SSSR count). The van der Waals surface area contributed by atoms with Crippen LogP contribution in [0.15, 0.2) is 18.2 Å². The van der Waals surface area contributed by atoms with E-state index in [4.69, 9.17) is 9.84 Å². The molecule has 1 amide bonds. The lowest BCUT2D eigenvalue weighted by molar-refractivity contribution is -0.154. The fraction of sp³-hybridized carbons (Fsp3) is 0.429. The summed E-state index contributed by atoms with van der Waals surface area (Å²) in [5.41, 5.74) is 0.836. The lowest BCUT2D eigenvalue weighted by Crippen LogP contribution is -2.48. The average molecular weight is 313 g/mol. The predicted octanol–water partition coefficient (Wildman–Crippen LogP) is 1.61. The Morgan fingerprint density at radius 2 is 2.29 bits per heavy atom. The fourth-order valence-corrected chi connectivity index (χ4v) is 2.67. The summed E-state index contributed by atoms with van der Waals surface area (Å²) in [5.74, 6) is -1.25. The minimum absolute atomic E-state index is 0.00338. The first kappa shape index (κ1) is 15.8. The van der Waals surface area contributed by atoms with Crippen LogP contribution in [0.1, 0.15) is 15.9 Å². The van der Waals surface area contributed by atoms with Gasteiger partial charge in [0.05, 0.1) is 13.2 Å². The van der Waals surface area contributed by atoms with E-state index >= 15 is 0 Å². The number of nitrogens with zero attached hydrogens (tertiary/aromatic N) is 1. The topological polar surface area (TPSA) is 66.8 Å². The van der Waals surface area contributed by atoms with E-state index in [0.717, 1.165) is 0 Å². The maximum Gasteiger partial charge on any atom is 0.334 e. The van der Waals surface area contributed by atoms with Gasteiger partial charge in [0.2, 0.25) is 0 Å². The molecule has 1 saturated heterocycles. The van der Waals surface area contributed by atoms with E-state index in [0.29, 0.717) is 23.4 Å². The smallest absolute Gasteiger partial charge is 0.334 e. The van der Waals surface area contributed by atoms with Gasteiger partial charge in [0.25, 0.3) is 5.91 Å². The highest BCUT2D eigenvalue weighted by atomic mass is 32.2. The van der Waals surface area contributed by atoms with Gasteiger partial charge in [-0.25, -0.2) is 9.18 Å². The van der Waals surface area contributed by atoms with Crippen LogP contribution < -0.4 is 0 Å². The van der Waals surface area contributed by atoms with Gasteiger partial charge < -0.3 is 14.7 Å². The number of aliphatic carboxylic acids is 1. The first-order valence-corrected chi connectivity index (χ1v) is 7.83.